The first-order chi connectivity index (χ1) is 12.7. The Morgan fingerprint density at radius 1 is 1.08 bits per heavy atom. The molecule has 4 rings (SSSR count). The zero-order valence-electron chi connectivity index (χ0n) is 14.7. The van der Waals surface area contributed by atoms with E-state index in [9.17, 15) is 9.18 Å². The van der Waals surface area contributed by atoms with Gasteiger partial charge in [0, 0.05) is 18.6 Å². The molecule has 2 aliphatic rings. The van der Waals surface area contributed by atoms with Crippen LogP contribution in [0.2, 0.25) is 0 Å². The first kappa shape index (κ1) is 17.1. The van der Waals surface area contributed by atoms with Crippen molar-refractivity contribution in [3.8, 4) is 0 Å². The summed E-state index contributed by atoms with van der Waals surface area (Å²) in [5, 5.41) is 14.7. The van der Waals surface area contributed by atoms with Crippen LogP contribution < -0.4 is 10.6 Å². The minimum absolute atomic E-state index is 0.117. The summed E-state index contributed by atoms with van der Waals surface area (Å²) < 4.78 is 14.8. The minimum Gasteiger partial charge on any atom is -0.348 e. The van der Waals surface area contributed by atoms with E-state index in [4.69, 9.17) is 0 Å². The summed E-state index contributed by atoms with van der Waals surface area (Å²) >= 11 is 0. The van der Waals surface area contributed by atoms with Crippen LogP contribution in [0.1, 0.15) is 60.6 Å². The number of carbonyl (C=O) groups is 1. The molecule has 0 bridgehead atoms. The minimum atomic E-state index is -0.202. The number of hydrogen-bond donors (Lipinski definition) is 2. The van der Waals surface area contributed by atoms with Crippen molar-refractivity contribution in [2.45, 2.75) is 63.2 Å². The highest BCUT2D eigenvalue weighted by molar-refractivity contribution is 5.92. The summed E-state index contributed by atoms with van der Waals surface area (Å²) in [6.45, 7) is 0.754. The lowest BCUT2D eigenvalue weighted by atomic mass is 9.91. The summed E-state index contributed by atoms with van der Waals surface area (Å²) in [4.78, 5) is 12.0. The predicted octanol–water partition coefficient (Wildman–Crippen LogP) is 2.58. The average molecular weight is 357 g/mol. The Kier molecular flexibility index (Phi) is 4.97. The Bertz CT molecular complexity index is 748. The first-order valence-corrected chi connectivity index (χ1v) is 9.38. The lowest BCUT2D eigenvalue weighted by molar-refractivity contribution is 0.0946. The molecule has 138 valence electrons. The van der Waals surface area contributed by atoms with Gasteiger partial charge >= 0.3 is 0 Å². The normalized spacial score (nSPS) is 23.0. The molecule has 0 atom stereocenters. The molecule has 1 heterocycles. The van der Waals surface area contributed by atoms with Gasteiger partial charge in [-0.1, -0.05) is 17.3 Å². The number of amides is 1. The van der Waals surface area contributed by atoms with E-state index in [0.29, 0.717) is 23.8 Å². The summed E-state index contributed by atoms with van der Waals surface area (Å²) in [6, 6.07) is 7.71. The van der Waals surface area contributed by atoms with Gasteiger partial charge in [-0.25, -0.2) is 9.07 Å². The van der Waals surface area contributed by atoms with Crippen molar-refractivity contribution in [3.63, 3.8) is 0 Å². The lowest BCUT2D eigenvalue weighted by Gasteiger charge is -2.29. The molecule has 2 saturated carbocycles. The van der Waals surface area contributed by atoms with Crippen LogP contribution >= 0.6 is 0 Å². The van der Waals surface area contributed by atoms with E-state index >= 15 is 0 Å². The fourth-order valence-electron chi connectivity index (χ4n) is 3.46. The van der Waals surface area contributed by atoms with Crippen molar-refractivity contribution < 1.29 is 9.18 Å². The van der Waals surface area contributed by atoms with Gasteiger partial charge in [-0.3, -0.25) is 4.79 Å². The fraction of sp³-hybridized carbons (Fsp3) is 0.526. The predicted molar refractivity (Wildman–Crippen MR) is 95.0 cm³/mol. The third-order valence-corrected chi connectivity index (χ3v) is 5.23. The highest BCUT2D eigenvalue weighted by Crippen LogP contribution is 2.28. The second-order valence-corrected chi connectivity index (χ2v) is 7.34. The van der Waals surface area contributed by atoms with Gasteiger partial charge in [0.05, 0.1) is 12.2 Å². The third kappa shape index (κ3) is 4.27. The van der Waals surface area contributed by atoms with Gasteiger partial charge < -0.3 is 10.6 Å². The summed E-state index contributed by atoms with van der Waals surface area (Å²) in [7, 11) is 0. The molecule has 1 aromatic heterocycles. The molecule has 2 aliphatic carbocycles. The number of aromatic nitrogens is 3. The number of hydrogen-bond acceptors (Lipinski definition) is 4. The fourth-order valence-corrected chi connectivity index (χ4v) is 3.46. The topological polar surface area (TPSA) is 71.8 Å². The monoisotopic (exact) mass is 357 g/mol. The maximum absolute atomic E-state index is 12.9. The molecule has 0 spiro atoms. The SMILES string of the molecule is O=C(NC1CC1)c1cn(C2CCC(NCc3ccc(F)cc3)CC2)nn1. The quantitative estimate of drug-likeness (QED) is 0.834. The molecule has 6 nitrogen and oxygen atoms in total. The molecule has 0 aliphatic heterocycles. The first-order valence-electron chi connectivity index (χ1n) is 9.38. The highest BCUT2D eigenvalue weighted by Gasteiger charge is 2.27. The highest BCUT2D eigenvalue weighted by atomic mass is 19.1. The van der Waals surface area contributed by atoms with Crippen molar-refractivity contribution in [3.05, 3.63) is 47.5 Å². The van der Waals surface area contributed by atoms with Gasteiger partial charge in [0.25, 0.3) is 5.91 Å². The molecule has 0 unspecified atom stereocenters. The largest absolute Gasteiger partial charge is 0.348 e. The van der Waals surface area contributed by atoms with Crippen LogP contribution in [0, 0.1) is 5.82 Å². The van der Waals surface area contributed by atoms with E-state index in [1.807, 2.05) is 16.8 Å². The van der Waals surface area contributed by atoms with Crippen LogP contribution in [0.4, 0.5) is 4.39 Å². The molecule has 2 aromatic rings. The van der Waals surface area contributed by atoms with Crippen molar-refractivity contribution in [2.75, 3.05) is 0 Å². The Morgan fingerprint density at radius 3 is 2.46 bits per heavy atom. The van der Waals surface area contributed by atoms with Crippen LogP contribution in [0.3, 0.4) is 0 Å². The van der Waals surface area contributed by atoms with Crippen molar-refractivity contribution in [2.24, 2.45) is 0 Å². The van der Waals surface area contributed by atoms with Crippen molar-refractivity contribution in [1.29, 1.82) is 0 Å². The maximum Gasteiger partial charge on any atom is 0.273 e. The standard InChI is InChI=1S/C19H24FN5O/c20-14-3-1-13(2-4-14)11-21-15-7-9-17(10-8-15)25-12-18(23-24-25)19(26)22-16-5-6-16/h1-4,12,15-17,21H,5-11H2,(H,22,26). The van der Waals surface area contributed by atoms with Crippen molar-refractivity contribution >= 4 is 5.91 Å². The van der Waals surface area contributed by atoms with E-state index < -0.39 is 0 Å². The van der Waals surface area contributed by atoms with Crippen LogP contribution in [0.5, 0.6) is 0 Å². The van der Waals surface area contributed by atoms with E-state index in [1.54, 1.807) is 6.20 Å². The smallest absolute Gasteiger partial charge is 0.273 e. The van der Waals surface area contributed by atoms with Gasteiger partial charge in [0.15, 0.2) is 5.69 Å². The average Bonchev–Trinajstić information content (AvgIpc) is 3.33. The van der Waals surface area contributed by atoms with Crippen molar-refractivity contribution in [1.82, 2.24) is 25.6 Å². The molecular weight excluding hydrogens is 333 g/mol. The zero-order valence-corrected chi connectivity index (χ0v) is 14.7. The van der Waals surface area contributed by atoms with Crippen LogP contribution in [0.15, 0.2) is 30.5 Å². The second-order valence-electron chi connectivity index (χ2n) is 7.34. The molecule has 7 heteroatoms. The number of nitrogens with zero attached hydrogens (tertiary/aromatic N) is 3. The van der Waals surface area contributed by atoms with Gasteiger partial charge in [0.2, 0.25) is 0 Å². The summed E-state index contributed by atoms with van der Waals surface area (Å²) in [6.07, 6.45) is 8.02. The number of halogens is 1. The van der Waals surface area contributed by atoms with Crippen LogP contribution in [-0.2, 0) is 6.54 Å². The second kappa shape index (κ2) is 7.53. The van der Waals surface area contributed by atoms with Gasteiger partial charge in [0.1, 0.15) is 5.82 Å². The lowest BCUT2D eigenvalue weighted by Crippen LogP contribution is -2.33. The Labute approximate surface area is 152 Å². The molecule has 0 radical (unpaired) electrons. The van der Waals surface area contributed by atoms with E-state index in [-0.39, 0.29) is 11.7 Å². The van der Waals surface area contributed by atoms with Gasteiger partial charge in [-0.15, -0.1) is 5.10 Å². The van der Waals surface area contributed by atoms with Crippen LogP contribution in [-0.4, -0.2) is 33.0 Å². The molecule has 1 amide bonds. The molecular formula is C19H24FN5O. The molecule has 26 heavy (non-hydrogen) atoms. The number of nitrogens with one attached hydrogen (secondary N) is 2. The Balaban J connectivity index is 1.24. The van der Waals surface area contributed by atoms with Gasteiger partial charge in [-0.2, -0.15) is 0 Å². The molecule has 1 aromatic carbocycles. The number of rotatable bonds is 6. The summed E-state index contributed by atoms with van der Waals surface area (Å²) in [5.41, 5.74) is 1.50. The van der Waals surface area contributed by atoms with Gasteiger partial charge in [-0.05, 0) is 56.2 Å². The molecule has 2 N–H and O–H groups in total. The van der Waals surface area contributed by atoms with E-state index in [1.165, 1.54) is 12.1 Å². The third-order valence-electron chi connectivity index (χ3n) is 5.23. The maximum atomic E-state index is 12.9. The van der Waals surface area contributed by atoms with E-state index in [0.717, 1.165) is 50.6 Å². The zero-order chi connectivity index (χ0) is 17.9. The van der Waals surface area contributed by atoms with E-state index in [2.05, 4.69) is 20.9 Å². The molecule has 2 fully saturated rings. The molecule has 0 saturated heterocycles. The van der Waals surface area contributed by atoms with Crippen LogP contribution in [0.25, 0.3) is 0 Å². The number of carbonyl (C=O) groups excluding carboxylic acids is 1. The summed E-state index contributed by atoms with van der Waals surface area (Å²) in [5.74, 6) is -0.319. The Morgan fingerprint density at radius 2 is 1.77 bits per heavy atom. The Hall–Kier alpha value is -2.28. The number of benzene rings is 1.